The van der Waals surface area contributed by atoms with Crippen LogP contribution in [-0.2, 0) is 0 Å². The van der Waals surface area contributed by atoms with E-state index in [4.69, 9.17) is 4.74 Å². The summed E-state index contributed by atoms with van der Waals surface area (Å²) in [4.78, 5) is 11.3. The zero-order valence-corrected chi connectivity index (χ0v) is 16.5. The summed E-state index contributed by atoms with van der Waals surface area (Å²) >= 11 is 0. The van der Waals surface area contributed by atoms with Crippen molar-refractivity contribution < 1.29 is 13.5 Å². The second-order valence-electron chi connectivity index (χ2n) is 7.32. The van der Waals surface area contributed by atoms with Gasteiger partial charge in [-0.1, -0.05) is 0 Å². The SMILES string of the molecule is CN1CCC(Oc2nc(-c3ccc(F)cc3)c(-c3ccc(F)cc3)nc2C#N)CC1. The number of aromatic nitrogens is 2. The summed E-state index contributed by atoms with van der Waals surface area (Å²) in [6.07, 6.45) is 1.60. The van der Waals surface area contributed by atoms with E-state index in [0.717, 1.165) is 25.9 Å². The molecule has 1 aliphatic heterocycles. The number of nitrogens with zero attached hydrogens (tertiary/aromatic N) is 4. The first kappa shape index (κ1) is 19.9. The Morgan fingerprint density at radius 1 is 0.900 bits per heavy atom. The molecular formula is C23H20F2N4O. The van der Waals surface area contributed by atoms with Crippen LogP contribution in [-0.4, -0.2) is 41.1 Å². The van der Waals surface area contributed by atoms with E-state index in [1.165, 1.54) is 24.3 Å². The molecule has 0 N–H and O–H groups in total. The van der Waals surface area contributed by atoms with E-state index >= 15 is 0 Å². The third kappa shape index (κ3) is 4.29. The van der Waals surface area contributed by atoms with E-state index in [1.54, 1.807) is 24.3 Å². The van der Waals surface area contributed by atoms with Crippen LogP contribution in [0.3, 0.4) is 0 Å². The number of ether oxygens (including phenoxy) is 1. The molecule has 0 bridgehead atoms. The number of benzene rings is 2. The van der Waals surface area contributed by atoms with Crippen LogP contribution in [0, 0.1) is 23.0 Å². The lowest BCUT2D eigenvalue weighted by atomic mass is 10.0. The molecule has 7 heteroatoms. The van der Waals surface area contributed by atoms with Crippen LogP contribution in [0.5, 0.6) is 5.88 Å². The molecule has 0 unspecified atom stereocenters. The van der Waals surface area contributed by atoms with Gasteiger partial charge in [-0.05, 0) is 68.4 Å². The Morgan fingerprint density at radius 2 is 1.40 bits per heavy atom. The van der Waals surface area contributed by atoms with Gasteiger partial charge in [-0.2, -0.15) is 5.26 Å². The fraction of sp³-hybridized carbons (Fsp3) is 0.261. The molecule has 152 valence electrons. The number of likely N-dealkylation sites (tertiary alicyclic amines) is 1. The van der Waals surface area contributed by atoms with Crippen LogP contribution in [0.1, 0.15) is 18.5 Å². The molecule has 0 amide bonds. The average molecular weight is 406 g/mol. The first-order valence-electron chi connectivity index (χ1n) is 9.72. The number of nitriles is 1. The zero-order chi connectivity index (χ0) is 21.1. The van der Waals surface area contributed by atoms with E-state index in [2.05, 4.69) is 28.0 Å². The Balaban J connectivity index is 1.80. The Kier molecular flexibility index (Phi) is 5.68. The van der Waals surface area contributed by atoms with Crippen LogP contribution in [0.25, 0.3) is 22.5 Å². The first-order chi connectivity index (χ1) is 14.5. The highest BCUT2D eigenvalue weighted by Gasteiger charge is 2.23. The maximum Gasteiger partial charge on any atom is 0.252 e. The molecule has 1 aromatic heterocycles. The summed E-state index contributed by atoms with van der Waals surface area (Å²) in [5, 5.41) is 9.65. The molecule has 2 aromatic carbocycles. The molecule has 2 heterocycles. The number of piperidine rings is 1. The fourth-order valence-electron chi connectivity index (χ4n) is 3.45. The molecule has 1 saturated heterocycles. The number of hydrogen-bond donors (Lipinski definition) is 0. The largest absolute Gasteiger partial charge is 0.472 e. The zero-order valence-electron chi connectivity index (χ0n) is 16.5. The lowest BCUT2D eigenvalue weighted by Crippen LogP contribution is -2.36. The van der Waals surface area contributed by atoms with Crippen molar-refractivity contribution in [1.82, 2.24) is 14.9 Å². The predicted molar refractivity (Wildman–Crippen MR) is 109 cm³/mol. The van der Waals surface area contributed by atoms with Gasteiger partial charge >= 0.3 is 0 Å². The molecule has 0 spiro atoms. The Morgan fingerprint density at radius 3 is 1.90 bits per heavy atom. The summed E-state index contributed by atoms with van der Waals surface area (Å²) in [6.45, 7) is 1.80. The van der Waals surface area contributed by atoms with Gasteiger partial charge in [0, 0.05) is 24.2 Å². The molecule has 4 rings (SSSR count). The minimum Gasteiger partial charge on any atom is -0.472 e. The summed E-state index contributed by atoms with van der Waals surface area (Å²) in [7, 11) is 2.06. The van der Waals surface area contributed by atoms with Crippen LogP contribution in [0.2, 0.25) is 0 Å². The number of hydrogen-bond acceptors (Lipinski definition) is 5. The number of rotatable bonds is 4. The van der Waals surface area contributed by atoms with Crippen molar-refractivity contribution in [1.29, 1.82) is 5.26 Å². The molecule has 30 heavy (non-hydrogen) atoms. The molecular weight excluding hydrogens is 386 g/mol. The van der Waals surface area contributed by atoms with E-state index in [-0.39, 0.29) is 29.3 Å². The van der Waals surface area contributed by atoms with Gasteiger partial charge in [0.1, 0.15) is 29.5 Å². The highest BCUT2D eigenvalue weighted by atomic mass is 19.1. The van der Waals surface area contributed by atoms with E-state index in [1.807, 2.05) is 0 Å². The predicted octanol–water partition coefficient (Wildman–Crippen LogP) is 4.43. The second kappa shape index (κ2) is 8.56. The lowest BCUT2D eigenvalue weighted by molar-refractivity contribution is 0.109. The molecule has 0 aliphatic carbocycles. The molecule has 5 nitrogen and oxygen atoms in total. The summed E-state index contributed by atoms with van der Waals surface area (Å²) in [5.74, 6) is -0.582. The number of halogens is 2. The molecule has 1 fully saturated rings. The quantitative estimate of drug-likeness (QED) is 0.641. The fourth-order valence-corrected chi connectivity index (χ4v) is 3.45. The van der Waals surface area contributed by atoms with Gasteiger partial charge in [0.2, 0.25) is 5.69 Å². The van der Waals surface area contributed by atoms with Crippen molar-refractivity contribution in [3.63, 3.8) is 0 Å². The van der Waals surface area contributed by atoms with Crippen LogP contribution < -0.4 is 4.74 Å². The maximum atomic E-state index is 13.5. The van der Waals surface area contributed by atoms with E-state index < -0.39 is 0 Å². The van der Waals surface area contributed by atoms with Gasteiger partial charge in [0.25, 0.3) is 5.88 Å². The van der Waals surface area contributed by atoms with Gasteiger partial charge in [-0.3, -0.25) is 0 Å². The maximum absolute atomic E-state index is 13.5. The summed E-state index contributed by atoms with van der Waals surface area (Å²) in [6, 6.07) is 13.7. The van der Waals surface area contributed by atoms with Crippen LogP contribution in [0.4, 0.5) is 8.78 Å². The molecule has 0 radical (unpaired) electrons. The highest BCUT2D eigenvalue weighted by Crippen LogP contribution is 2.33. The van der Waals surface area contributed by atoms with E-state index in [9.17, 15) is 14.0 Å². The van der Waals surface area contributed by atoms with Crippen molar-refractivity contribution in [3.05, 3.63) is 65.9 Å². The topological polar surface area (TPSA) is 62.0 Å². The standard InChI is InChI=1S/C23H20F2N4O/c1-29-12-10-19(11-13-29)30-23-20(14-26)27-21(15-2-6-17(24)7-3-15)22(28-23)16-4-8-18(25)9-5-16/h2-9,19H,10-13H2,1H3. The van der Waals surface area contributed by atoms with Crippen molar-refractivity contribution in [2.24, 2.45) is 0 Å². The minimum atomic E-state index is -0.377. The minimum absolute atomic E-state index is 0.0552. The molecule has 3 aromatic rings. The molecule has 0 saturated carbocycles. The highest BCUT2D eigenvalue weighted by molar-refractivity contribution is 5.78. The molecule has 0 atom stereocenters. The normalized spacial score (nSPS) is 15.0. The molecule has 1 aliphatic rings. The van der Waals surface area contributed by atoms with Crippen molar-refractivity contribution in [3.8, 4) is 34.5 Å². The van der Waals surface area contributed by atoms with Gasteiger partial charge in [0.05, 0.1) is 5.69 Å². The Bertz CT molecular complexity index is 1070. The van der Waals surface area contributed by atoms with Crippen molar-refractivity contribution in [2.75, 3.05) is 20.1 Å². The average Bonchev–Trinajstić information content (AvgIpc) is 2.76. The van der Waals surface area contributed by atoms with Gasteiger partial charge in [0.15, 0.2) is 0 Å². The Labute approximate surface area is 173 Å². The summed E-state index contributed by atoms with van der Waals surface area (Å²) < 4.78 is 32.9. The third-order valence-electron chi connectivity index (χ3n) is 5.15. The van der Waals surface area contributed by atoms with Crippen molar-refractivity contribution >= 4 is 0 Å². The smallest absolute Gasteiger partial charge is 0.252 e. The van der Waals surface area contributed by atoms with Crippen LogP contribution >= 0.6 is 0 Å². The Hall–Kier alpha value is -3.37. The van der Waals surface area contributed by atoms with Gasteiger partial charge in [-0.25, -0.2) is 18.7 Å². The first-order valence-corrected chi connectivity index (χ1v) is 9.72. The summed E-state index contributed by atoms with van der Waals surface area (Å²) in [5.41, 5.74) is 2.16. The van der Waals surface area contributed by atoms with Gasteiger partial charge in [-0.15, -0.1) is 0 Å². The lowest BCUT2D eigenvalue weighted by Gasteiger charge is -2.29. The van der Waals surface area contributed by atoms with Crippen LogP contribution in [0.15, 0.2) is 48.5 Å². The second-order valence-corrected chi connectivity index (χ2v) is 7.32. The van der Waals surface area contributed by atoms with Gasteiger partial charge < -0.3 is 9.64 Å². The monoisotopic (exact) mass is 406 g/mol. The van der Waals surface area contributed by atoms with Crippen molar-refractivity contribution in [2.45, 2.75) is 18.9 Å². The third-order valence-corrected chi connectivity index (χ3v) is 5.15. The van der Waals surface area contributed by atoms with E-state index in [0.29, 0.717) is 22.5 Å².